The largest absolute Gasteiger partial charge is 0.494 e. The van der Waals surface area contributed by atoms with E-state index in [4.69, 9.17) is 14.5 Å². The summed E-state index contributed by atoms with van der Waals surface area (Å²) >= 11 is 3.57. The Morgan fingerprint density at radius 3 is 2.50 bits per heavy atom. The molecule has 2 N–H and O–H groups in total. The van der Waals surface area contributed by atoms with Crippen LogP contribution in [0.15, 0.2) is 57.3 Å². The number of anilines is 5. The lowest BCUT2D eigenvalue weighted by atomic mass is 10.0. The van der Waals surface area contributed by atoms with Gasteiger partial charge in [-0.2, -0.15) is 10.1 Å². The van der Waals surface area contributed by atoms with E-state index in [1.807, 2.05) is 37.6 Å². The highest BCUT2D eigenvalue weighted by atomic mass is 79.9. The van der Waals surface area contributed by atoms with Gasteiger partial charge in [-0.25, -0.2) is 4.98 Å². The third-order valence-corrected chi connectivity index (χ3v) is 9.54. The van der Waals surface area contributed by atoms with Gasteiger partial charge in [0.2, 0.25) is 5.95 Å². The van der Waals surface area contributed by atoms with Crippen LogP contribution in [0.1, 0.15) is 20.8 Å². The van der Waals surface area contributed by atoms with Gasteiger partial charge >= 0.3 is 0 Å². The molecular weight excluding hydrogens is 669 g/mol. The summed E-state index contributed by atoms with van der Waals surface area (Å²) in [7, 11) is 0.715. The molecule has 0 spiro atoms. The average molecular weight is 709 g/mol. The maximum absolute atomic E-state index is 13.5. The second-order valence-electron chi connectivity index (χ2n) is 11.5. The van der Waals surface area contributed by atoms with E-state index in [-0.39, 0.29) is 12.2 Å². The van der Waals surface area contributed by atoms with Crippen molar-refractivity contribution in [2.45, 2.75) is 33.0 Å². The minimum atomic E-state index is -2.82. The van der Waals surface area contributed by atoms with Crippen molar-refractivity contribution in [3.8, 4) is 16.9 Å². The van der Waals surface area contributed by atoms with E-state index in [1.165, 1.54) is 0 Å². The van der Waals surface area contributed by atoms with Crippen LogP contribution < -0.4 is 25.6 Å². The molecule has 242 valence electrons. The van der Waals surface area contributed by atoms with Crippen LogP contribution in [-0.2, 0) is 16.3 Å². The summed E-state index contributed by atoms with van der Waals surface area (Å²) < 4.78 is 27.8. The fourth-order valence-electron chi connectivity index (χ4n) is 5.63. The van der Waals surface area contributed by atoms with Crippen LogP contribution in [0.2, 0.25) is 0 Å². The Hall–Kier alpha value is -4.06. The zero-order chi connectivity index (χ0) is 33.2. The van der Waals surface area contributed by atoms with Crippen molar-refractivity contribution in [1.29, 1.82) is 0 Å². The van der Waals surface area contributed by atoms with Crippen molar-refractivity contribution in [1.82, 2.24) is 19.7 Å². The number of hydrogen-bond donors (Lipinski definition) is 2. The quantitative estimate of drug-likeness (QED) is 0.131. The van der Waals surface area contributed by atoms with Crippen molar-refractivity contribution in [3.05, 3.63) is 47.3 Å². The van der Waals surface area contributed by atoms with Gasteiger partial charge in [0, 0.05) is 61.6 Å². The molecule has 2 aromatic heterocycles. The van der Waals surface area contributed by atoms with Crippen molar-refractivity contribution in [3.63, 3.8) is 0 Å². The Bertz CT molecular complexity index is 1830. The molecule has 0 amide bonds. The molecule has 1 aliphatic heterocycles. The smallest absolute Gasteiger partial charge is 0.229 e. The van der Waals surface area contributed by atoms with Crippen LogP contribution in [0.25, 0.3) is 11.1 Å². The molecule has 1 aliphatic rings. The molecule has 0 bridgehead atoms. The van der Waals surface area contributed by atoms with Crippen molar-refractivity contribution in [2.75, 3.05) is 49.1 Å². The highest BCUT2D eigenvalue weighted by Gasteiger charge is 2.27. The summed E-state index contributed by atoms with van der Waals surface area (Å²) in [5, 5.41) is 11.7. The molecule has 0 saturated carbocycles. The third-order valence-electron chi connectivity index (χ3n) is 7.43. The van der Waals surface area contributed by atoms with Gasteiger partial charge in [0.15, 0.2) is 0 Å². The first-order valence-corrected chi connectivity index (χ1v) is 18.2. The Kier molecular flexibility index (Phi) is 9.95. The number of nitrogens with zero attached hydrogens (tertiary/aromatic N) is 7. The summed E-state index contributed by atoms with van der Waals surface area (Å²) in [4.78, 5) is 20.2. The zero-order valence-corrected chi connectivity index (χ0v) is 29.6. The van der Waals surface area contributed by atoms with Crippen LogP contribution in [0, 0.1) is 0 Å². The number of morpholine rings is 1. The Morgan fingerprint density at radius 1 is 1.15 bits per heavy atom. The molecule has 5 rings (SSSR count). The van der Waals surface area contributed by atoms with E-state index >= 15 is 0 Å². The molecule has 0 unspecified atom stereocenters. The minimum absolute atomic E-state index is 0.0836. The number of ether oxygens (including phenoxy) is 2. The van der Waals surface area contributed by atoms with Gasteiger partial charge in [0.1, 0.15) is 24.4 Å². The van der Waals surface area contributed by atoms with Crippen molar-refractivity contribution < 1.29 is 14.0 Å². The molecule has 46 heavy (non-hydrogen) atoms. The van der Waals surface area contributed by atoms with E-state index in [0.29, 0.717) is 50.0 Å². The normalized spacial score (nSPS) is 16.9. The van der Waals surface area contributed by atoms with Gasteiger partial charge in [-0.15, -0.1) is 0 Å². The topological polar surface area (TPSA) is 131 Å². The maximum Gasteiger partial charge on any atom is 0.229 e. The monoisotopic (exact) mass is 707 g/mol. The van der Waals surface area contributed by atoms with Crippen LogP contribution in [0.3, 0.4) is 0 Å². The van der Waals surface area contributed by atoms with Gasteiger partial charge in [-0.05, 0) is 74.9 Å². The predicted molar refractivity (Wildman–Crippen MR) is 192 cm³/mol. The van der Waals surface area contributed by atoms with Gasteiger partial charge < -0.3 is 29.6 Å². The first-order valence-electron chi connectivity index (χ1n) is 14.8. The Morgan fingerprint density at radius 2 is 1.89 bits per heavy atom. The minimum Gasteiger partial charge on any atom is -0.494 e. The first kappa shape index (κ1) is 33.3. The molecule has 2 atom stereocenters. The number of aliphatic imine (C=N–C) groups is 2. The van der Waals surface area contributed by atoms with E-state index in [1.54, 1.807) is 50.5 Å². The molecule has 0 radical (unpaired) electrons. The fourth-order valence-corrected chi connectivity index (χ4v) is 7.31. The summed E-state index contributed by atoms with van der Waals surface area (Å²) in [6.45, 7) is 14.5. The van der Waals surface area contributed by atoms with Crippen LogP contribution >= 0.6 is 23.1 Å². The summed E-state index contributed by atoms with van der Waals surface area (Å²) in [6, 6.07) is 7.66. The number of methoxy groups -OCH3 is 1. The standard InChI is InChI=1S/C32H39BrN9O3P/c1-9-35-29-24(34-4)10-11-25(30(29)46(7,8)43)38-31-23(33)15-36-32(40-31)39-26-12-22(21-14-37-41(5)18-21)27(13-28(26)44-6)42-16-19(2)45-20(3)17-42/h9-15,18-20H,4,16-17H2,1-3,5-8H3,(H2,36,38,39,40)/t19-,20+. The highest BCUT2D eigenvalue weighted by Crippen LogP contribution is 2.46. The predicted octanol–water partition coefficient (Wildman–Crippen LogP) is 7.05. The number of hydrogen-bond acceptors (Lipinski definition) is 11. The zero-order valence-electron chi connectivity index (χ0n) is 27.1. The second-order valence-corrected chi connectivity index (χ2v) is 15.5. The lowest BCUT2D eigenvalue weighted by Gasteiger charge is -2.38. The Labute approximate surface area is 277 Å². The molecule has 14 heteroatoms. The second kappa shape index (κ2) is 13.7. The molecular formula is C32H39BrN9O3P. The number of aromatic nitrogens is 4. The molecule has 1 saturated heterocycles. The molecule has 3 heterocycles. The Balaban J connectivity index is 1.55. The molecule has 12 nitrogen and oxygen atoms in total. The molecule has 4 aromatic rings. The van der Waals surface area contributed by atoms with E-state index in [0.717, 1.165) is 29.9 Å². The van der Waals surface area contributed by atoms with Crippen molar-refractivity contribution in [2.24, 2.45) is 17.0 Å². The fraction of sp³-hybridized carbons (Fsp3) is 0.344. The van der Waals surface area contributed by atoms with Crippen LogP contribution in [-0.4, -0.2) is 78.4 Å². The molecule has 0 aliphatic carbocycles. The van der Waals surface area contributed by atoms with Gasteiger partial charge in [-0.1, -0.05) is 0 Å². The van der Waals surface area contributed by atoms with Gasteiger partial charge in [-0.3, -0.25) is 14.7 Å². The number of halogens is 1. The lowest BCUT2D eigenvalue weighted by Crippen LogP contribution is -2.45. The average Bonchev–Trinajstić information content (AvgIpc) is 3.43. The number of benzene rings is 2. The van der Waals surface area contributed by atoms with E-state index in [2.05, 4.69) is 72.1 Å². The van der Waals surface area contributed by atoms with Gasteiger partial charge in [0.05, 0.1) is 52.4 Å². The highest BCUT2D eigenvalue weighted by molar-refractivity contribution is 9.10. The van der Waals surface area contributed by atoms with Crippen molar-refractivity contribution >= 4 is 81.5 Å². The molecule has 2 aromatic carbocycles. The third kappa shape index (κ3) is 7.16. The van der Waals surface area contributed by atoms with Crippen LogP contribution in [0.4, 0.5) is 40.2 Å². The summed E-state index contributed by atoms with van der Waals surface area (Å²) in [5.41, 5.74) is 5.31. The van der Waals surface area contributed by atoms with E-state index < -0.39 is 7.14 Å². The van der Waals surface area contributed by atoms with Crippen LogP contribution in [0.5, 0.6) is 5.75 Å². The number of nitrogens with one attached hydrogen (secondary N) is 2. The first-order chi connectivity index (χ1) is 21.9. The van der Waals surface area contributed by atoms with Gasteiger partial charge in [0.25, 0.3) is 0 Å². The molecule has 1 fully saturated rings. The number of rotatable bonds is 10. The van der Waals surface area contributed by atoms with E-state index in [9.17, 15) is 4.57 Å². The lowest BCUT2D eigenvalue weighted by molar-refractivity contribution is -0.00519. The number of aryl methyl sites for hydroxylation is 1. The summed E-state index contributed by atoms with van der Waals surface area (Å²) in [5.74, 6) is 1.43. The SMILES string of the molecule is C=Nc1ccc(Nc2nc(Nc3cc(-c4cnn(C)c4)c(N4C[C@@H](C)O[C@@H](C)C4)cc3OC)ncc2Br)c(P(C)(C)=O)c1N=CC. The maximum atomic E-state index is 13.5. The summed E-state index contributed by atoms with van der Waals surface area (Å²) in [6.07, 6.45) is 7.30.